The van der Waals surface area contributed by atoms with E-state index in [0.717, 1.165) is 42.2 Å². The van der Waals surface area contributed by atoms with Crippen molar-refractivity contribution in [2.45, 2.75) is 70.2 Å². The number of rotatable bonds is 5. The number of nitrogens with zero attached hydrogens (tertiary/aromatic N) is 5. The normalized spacial score (nSPS) is 19.5. The SMILES string of the molecule is CCSc1nc(N2C[C@H]3C[C@@H]2CN3C)c2c3c(c(-c4ccc(F)c5sc(NC(=O)OC(C)(C)C)c(C#N)c45)c(F)c2n1)COC3. The quantitative estimate of drug-likeness (QED) is 0.180. The van der Waals surface area contributed by atoms with E-state index in [1.54, 1.807) is 20.8 Å². The van der Waals surface area contributed by atoms with Crippen molar-refractivity contribution >= 4 is 61.0 Å². The lowest BCUT2D eigenvalue weighted by molar-refractivity contribution is 0.0636. The molecule has 2 saturated heterocycles. The van der Waals surface area contributed by atoms with E-state index in [-0.39, 0.29) is 51.0 Å². The summed E-state index contributed by atoms with van der Waals surface area (Å²) in [6.07, 6.45) is 0.255. The van der Waals surface area contributed by atoms with Gasteiger partial charge < -0.3 is 14.4 Å². The lowest BCUT2D eigenvalue weighted by atomic mass is 9.90. The minimum atomic E-state index is -0.779. The molecule has 2 atom stereocenters. The molecule has 1 N–H and O–H groups in total. The number of nitriles is 1. The van der Waals surface area contributed by atoms with Gasteiger partial charge in [-0.25, -0.2) is 23.5 Å². The van der Waals surface area contributed by atoms with Crippen molar-refractivity contribution < 1.29 is 23.0 Å². The number of ether oxygens (including phenoxy) is 2. The topological polar surface area (TPSA) is 104 Å². The second-order valence-electron chi connectivity index (χ2n) is 12.6. The number of nitrogens with one attached hydrogen (secondary N) is 1. The van der Waals surface area contributed by atoms with Gasteiger partial charge in [0, 0.05) is 36.1 Å². The Kier molecular flexibility index (Phi) is 7.39. The number of hydrogen-bond donors (Lipinski definition) is 1. The first-order valence-electron chi connectivity index (χ1n) is 14.9. The van der Waals surface area contributed by atoms with Crippen LogP contribution in [0.3, 0.4) is 0 Å². The molecule has 0 aliphatic carbocycles. The zero-order chi connectivity index (χ0) is 31.8. The first-order chi connectivity index (χ1) is 21.5. The van der Waals surface area contributed by atoms with Crippen LogP contribution in [0.4, 0.5) is 24.4 Å². The van der Waals surface area contributed by atoms with E-state index in [9.17, 15) is 10.1 Å². The van der Waals surface area contributed by atoms with Crippen LogP contribution in [0, 0.1) is 23.0 Å². The van der Waals surface area contributed by atoms with Crippen molar-refractivity contribution in [3.8, 4) is 17.2 Å². The fraction of sp³-hybridized carbons (Fsp3) is 0.438. The highest BCUT2D eigenvalue weighted by Crippen LogP contribution is 2.49. The number of piperazine rings is 1. The van der Waals surface area contributed by atoms with Crippen molar-refractivity contribution in [2.75, 3.05) is 36.1 Å². The summed E-state index contributed by atoms with van der Waals surface area (Å²) in [5, 5.41) is 14.4. The van der Waals surface area contributed by atoms with E-state index in [1.165, 1.54) is 23.9 Å². The fourth-order valence-electron chi connectivity index (χ4n) is 6.77. The molecular formula is C32H32F2N6O3S2. The van der Waals surface area contributed by atoms with E-state index in [4.69, 9.17) is 19.4 Å². The number of fused-ring (bicyclic) bond motifs is 6. The summed E-state index contributed by atoms with van der Waals surface area (Å²) in [6.45, 7) is 9.27. The minimum Gasteiger partial charge on any atom is -0.444 e. The maximum atomic E-state index is 17.2. The molecule has 2 aromatic carbocycles. The molecule has 3 aliphatic heterocycles. The molecule has 0 spiro atoms. The van der Waals surface area contributed by atoms with E-state index in [2.05, 4.69) is 28.2 Å². The Morgan fingerprint density at radius 1 is 1.20 bits per heavy atom. The Balaban J connectivity index is 1.46. The van der Waals surface area contributed by atoms with Gasteiger partial charge in [-0.1, -0.05) is 24.8 Å². The monoisotopic (exact) mass is 650 g/mol. The van der Waals surface area contributed by atoms with Crippen molar-refractivity contribution in [2.24, 2.45) is 0 Å². The number of hydrogen-bond acceptors (Lipinski definition) is 10. The van der Waals surface area contributed by atoms with Gasteiger partial charge in [0.15, 0.2) is 11.0 Å². The highest BCUT2D eigenvalue weighted by Gasteiger charge is 2.43. The summed E-state index contributed by atoms with van der Waals surface area (Å²) in [4.78, 5) is 27.0. The highest BCUT2D eigenvalue weighted by molar-refractivity contribution is 7.99. The van der Waals surface area contributed by atoms with Crippen LogP contribution in [0.25, 0.3) is 32.1 Å². The Labute approximate surface area is 267 Å². The summed E-state index contributed by atoms with van der Waals surface area (Å²) in [7, 11) is 2.13. The molecule has 234 valence electrons. The smallest absolute Gasteiger partial charge is 0.412 e. The Bertz CT molecular complexity index is 1930. The van der Waals surface area contributed by atoms with E-state index in [0.29, 0.717) is 33.5 Å². The minimum absolute atomic E-state index is 0.0327. The second kappa shape index (κ2) is 11.0. The molecule has 2 bridgehead atoms. The van der Waals surface area contributed by atoms with Gasteiger partial charge in [0.25, 0.3) is 0 Å². The molecule has 5 heterocycles. The molecule has 3 aliphatic rings. The molecule has 2 aromatic heterocycles. The number of likely N-dealkylation sites (tertiary alicyclic amines) is 1. The third-order valence-electron chi connectivity index (χ3n) is 8.60. The lowest BCUT2D eigenvalue weighted by Crippen LogP contribution is -2.45. The van der Waals surface area contributed by atoms with Crippen LogP contribution >= 0.6 is 23.1 Å². The summed E-state index contributed by atoms with van der Waals surface area (Å²) >= 11 is 2.36. The van der Waals surface area contributed by atoms with Crippen LogP contribution in [0.1, 0.15) is 50.8 Å². The molecule has 4 aromatic rings. The fourth-order valence-corrected chi connectivity index (χ4v) is 8.40. The first kappa shape index (κ1) is 30.1. The molecule has 0 radical (unpaired) electrons. The number of aromatic nitrogens is 2. The number of carbonyl (C=O) groups is 1. The number of benzene rings is 2. The molecule has 9 nitrogen and oxygen atoms in total. The third kappa shape index (κ3) is 4.99. The number of anilines is 2. The third-order valence-corrected chi connectivity index (χ3v) is 10.4. The largest absolute Gasteiger partial charge is 0.444 e. The van der Waals surface area contributed by atoms with Crippen LogP contribution < -0.4 is 10.2 Å². The van der Waals surface area contributed by atoms with Crippen LogP contribution in [0.5, 0.6) is 0 Å². The summed E-state index contributed by atoms with van der Waals surface area (Å²) in [5.41, 5.74) is 1.43. The number of halogens is 2. The van der Waals surface area contributed by atoms with E-state index < -0.39 is 23.3 Å². The molecule has 0 unspecified atom stereocenters. The zero-order valence-electron chi connectivity index (χ0n) is 25.6. The van der Waals surface area contributed by atoms with Gasteiger partial charge in [0.05, 0.1) is 28.9 Å². The number of carbonyl (C=O) groups excluding carboxylic acids is 1. The summed E-state index contributed by atoms with van der Waals surface area (Å²) in [5.74, 6) is 0.295. The van der Waals surface area contributed by atoms with Crippen LogP contribution in [0.2, 0.25) is 0 Å². The molecule has 1 amide bonds. The molecular weight excluding hydrogens is 619 g/mol. The van der Waals surface area contributed by atoms with Crippen LogP contribution in [0.15, 0.2) is 17.3 Å². The van der Waals surface area contributed by atoms with Gasteiger partial charge in [-0.05, 0) is 62.7 Å². The zero-order valence-corrected chi connectivity index (χ0v) is 27.2. The van der Waals surface area contributed by atoms with Crippen LogP contribution in [-0.2, 0) is 22.7 Å². The van der Waals surface area contributed by atoms with E-state index >= 15 is 8.78 Å². The number of likely N-dealkylation sites (N-methyl/N-ethyl adjacent to an activating group) is 1. The standard InChI is InChI=1S/C32H32F2N6O3S2/c1-6-44-30-36-26-24(28(37-30)40-12-15-9-16(40)11-39(15)5)20-14-42-13-19(20)22(25(26)34)17-7-8-21(33)27-23(17)18(10-35)29(45-27)38-31(41)43-32(2,3)4/h7-8,15-16H,6,9,11-14H2,1-5H3,(H,38,41)/t15-,16-/m1/s1. The molecule has 7 rings (SSSR count). The lowest BCUT2D eigenvalue weighted by Gasteiger charge is -2.34. The van der Waals surface area contributed by atoms with Crippen molar-refractivity contribution in [1.82, 2.24) is 14.9 Å². The Morgan fingerprint density at radius 3 is 2.64 bits per heavy atom. The molecule has 45 heavy (non-hydrogen) atoms. The van der Waals surface area contributed by atoms with Crippen LogP contribution in [-0.4, -0.2) is 64.5 Å². The highest BCUT2D eigenvalue weighted by atomic mass is 32.2. The van der Waals surface area contributed by atoms with E-state index in [1.807, 2.05) is 6.92 Å². The summed E-state index contributed by atoms with van der Waals surface area (Å²) in [6, 6.07) is 5.56. The van der Waals surface area contributed by atoms with Gasteiger partial charge in [-0.3, -0.25) is 10.2 Å². The van der Waals surface area contributed by atoms with Crippen molar-refractivity contribution in [3.05, 3.63) is 40.5 Å². The summed E-state index contributed by atoms with van der Waals surface area (Å²) < 4.78 is 43.9. The first-order valence-corrected chi connectivity index (χ1v) is 16.7. The maximum absolute atomic E-state index is 17.2. The predicted octanol–water partition coefficient (Wildman–Crippen LogP) is 7.04. The Morgan fingerprint density at radius 2 is 1.98 bits per heavy atom. The average Bonchev–Trinajstić information content (AvgIpc) is 3.76. The van der Waals surface area contributed by atoms with Crippen molar-refractivity contribution in [3.63, 3.8) is 0 Å². The van der Waals surface area contributed by atoms with Crippen molar-refractivity contribution in [1.29, 1.82) is 5.26 Å². The number of thiophene rings is 1. The molecule has 2 fully saturated rings. The molecule has 0 saturated carbocycles. The van der Waals surface area contributed by atoms with Gasteiger partial charge in [-0.2, -0.15) is 5.26 Å². The van der Waals surface area contributed by atoms with Gasteiger partial charge in [0.2, 0.25) is 0 Å². The Hall–Kier alpha value is -3.57. The van der Waals surface area contributed by atoms with Gasteiger partial charge >= 0.3 is 6.09 Å². The maximum Gasteiger partial charge on any atom is 0.412 e. The number of thioether (sulfide) groups is 1. The molecule has 13 heteroatoms. The second-order valence-corrected chi connectivity index (χ2v) is 14.9. The number of amides is 1. The van der Waals surface area contributed by atoms with Gasteiger partial charge in [0.1, 0.15) is 33.8 Å². The average molecular weight is 651 g/mol. The van der Waals surface area contributed by atoms with Gasteiger partial charge in [-0.15, -0.1) is 11.3 Å². The predicted molar refractivity (Wildman–Crippen MR) is 172 cm³/mol.